The van der Waals surface area contributed by atoms with Gasteiger partial charge in [0, 0.05) is 26.2 Å². The molecular weight excluding hydrogens is 423 g/mol. The van der Waals surface area contributed by atoms with Gasteiger partial charge in [0.1, 0.15) is 10.6 Å². The predicted octanol–water partition coefficient (Wildman–Crippen LogP) is 3.29. The van der Waals surface area contributed by atoms with Gasteiger partial charge < -0.3 is 9.64 Å². The van der Waals surface area contributed by atoms with E-state index in [0.29, 0.717) is 5.75 Å². The maximum absolute atomic E-state index is 12.9. The van der Waals surface area contributed by atoms with Crippen molar-refractivity contribution in [3.05, 3.63) is 58.6 Å². The number of para-hydroxylation sites is 1. The normalized spacial score (nSPS) is 16.6. The maximum atomic E-state index is 12.9. The number of halogens is 2. The molecule has 3 rings (SSSR count). The summed E-state index contributed by atoms with van der Waals surface area (Å²) in [4.78, 5) is 14.2. The smallest absolute Gasteiger partial charge is 0.263 e. The third kappa shape index (κ3) is 4.43. The highest BCUT2D eigenvalue weighted by Crippen LogP contribution is 2.31. The van der Waals surface area contributed by atoms with E-state index in [4.69, 9.17) is 27.9 Å². The molecule has 9 heteroatoms. The number of ether oxygens (including phenoxy) is 1. The fraction of sp³-hybridized carbons (Fsp3) is 0.316. The molecule has 0 N–H and O–H groups in total. The van der Waals surface area contributed by atoms with Crippen molar-refractivity contribution < 1.29 is 17.9 Å². The lowest BCUT2D eigenvalue weighted by Crippen LogP contribution is -2.53. The first-order valence-electron chi connectivity index (χ1n) is 8.75. The van der Waals surface area contributed by atoms with E-state index in [9.17, 15) is 13.2 Å². The molecule has 2 aromatic carbocycles. The summed E-state index contributed by atoms with van der Waals surface area (Å²) in [5.74, 6) is 0.432. The highest BCUT2D eigenvalue weighted by molar-refractivity contribution is 7.89. The van der Waals surface area contributed by atoms with Crippen molar-refractivity contribution in [2.45, 2.75) is 17.9 Å². The molecule has 1 saturated heterocycles. The molecule has 1 atom stereocenters. The third-order valence-electron chi connectivity index (χ3n) is 4.49. The van der Waals surface area contributed by atoms with Gasteiger partial charge in [0.25, 0.3) is 5.91 Å². The van der Waals surface area contributed by atoms with Crippen LogP contribution in [0.1, 0.15) is 6.92 Å². The molecule has 2 aromatic rings. The lowest BCUT2D eigenvalue weighted by Gasteiger charge is -2.35. The van der Waals surface area contributed by atoms with E-state index in [1.54, 1.807) is 30.0 Å². The molecule has 0 radical (unpaired) electrons. The number of hydrogen-bond acceptors (Lipinski definition) is 4. The summed E-state index contributed by atoms with van der Waals surface area (Å²) in [7, 11) is -3.79. The Labute approximate surface area is 174 Å². The Bertz CT molecular complexity index is 946. The van der Waals surface area contributed by atoms with Crippen molar-refractivity contribution in [3.8, 4) is 5.75 Å². The van der Waals surface area contributed by atoms with E-state index in [2.05, 4.69) is 0 Å². The van der Waals surface area contributed by atoms with Gasteiger partial charge in [-0.15, -0.1) is 0 Å². The SMILES string of the molecule is CC(Oc1ccccc1)C(=O)N1CCN(S(=O)(=O)c2cccc(Cl)c2Cl)CC1. The van der Waals surface area contributed by atoms with Crippen LogP contribution in [0.4, 0.5) is 0 Å². The monoisotopic (exact) mass is 442 g/mol. The average molecular weight is 443 g/mol. The molecule has 0 spiro atoms. The summed E-state index contributed by atoms with van der Waals surface area (Å²) in [5.41, 5.74) is 0. The van der Waals surface area contributed by atoms with Crippen LogP contribution in [0.5, 0.6) is 5.75 Å². The van der Waals surface area contributed by atoms with Crippen molar-refractivity contribution in [2.75, 3.05) is 26.2 Å². The lowest BCUT2D eigenvalue weighted by atomic mass is 10.3. The van der Waals surface area contributed by atoms with Crippen LogP contribution in [0.2, 0.25) is 10.0 Å². The van der Waals surface area contributed by atoms with Gasteiger partial charge in [-0.2, -0.15) is 4.31 Å². The summed E-state index contributed by atoms with van der Waals surface area (Å²) in [5, 5.41) is 0.191. The Hall–Kier alpha value is -1.80. The van der Waals surface area contributed by atoms with Gasteiger partial charge >= 0.3 is 0 Å². The molecule has 1 unspecified atom stereocenters. The zero-order chi connectivity index (χ0) is 20.3. The summed E-state index contributed by atoms with van der Waals surface area (Å²) in [6.45, 7) is 2.59. The van der Waals surface area contributed by atoms with Crippen LogP contribution in [0.15, 0.2) is 53.4 Å². The van der Waals surface area contributed by atoms with Crippen LogP contribution < -0.4 is 4.74 Å². The topological polar surface area (TPSA) is 66.9 Å². The Kier molecular flexibility index (Phi) is 6.50. The third-order valence-corrected chi connectivity index (χ3v) is 7.36. The minimum Gasteiger partial charge on any atom is -0.481 e. The number of rotatable bonds is 5. The van der Waals surface area contributed by atoms with Crippen molar-refractivity contribution in [1.29, 1.82) is 0 Å². The summed E-state index contributed by atoms with van der Waals surface area (Å²) in [6.07, 6.45) is -0.659. The van der Waals surface area contributed by atoms with Crippen LogP contribution >= 0.6 is 23.2 Å². The van der Waals surface area contributed by atoms with E-state index in [1.165, 1.54) is 16.4 Å². The van der Waals surface area contributed by atoms with Gasteiger partial charge in [0.15, 0.2) is 6.10 Å². The molecule has 1 heterocycles. The molecule has 1 aliphatic heterocycles. The van der Waals surface area contributed by atoms with Crippen LogP contribution in [0.3, 0.4) is 0 Å². The van der Waals surface area contributed by atoms with Gasteiger partial charge in [-0.3, -0.25) is 4.79 Å². The molecule has 0 aromatic heterocycles. The van der Waals surface area contributed by atoms with E-state index >= 15 is 0 Å². The maximum Gasteiger partial charge on any atom is 0.263 e. The lowest BCUT2D eigenvalue weighted by molar-refractivity contribution is -0.139. The Morgan fingerprint density at radius 1 is 1.00 bits per heavy atom. The highest BCUT2D eigenvalue weighted by Gasteiger charge is 2.33. The zero-order valence-corrected chi connectivity index (χ0v) is 17.5. The Morgan fingerprint density at radius 3 is 2.29 bits per heavy atom. The molecule has 150 valence electrons. The van der Waals surface area contributed by atoms with Crippen molar-refractivity contribution in [2.24, 2.45) is 0 Å². The quantitative estimate of drug-likeness (QED) is 0.712. The fourth-order valence-electron chi connectivity index (χ4n) is 2.98. The first-order chi connectivity index (χ1) is 13.3. The Balaban J connectivity index is 1.63. The van der Waals surface area contributed by atoms with E-state index in [-0.39, 0.29) is 47.0 Å². The molecule has 0 bridgehead atoms. The molecular formula is C19H20Cl2N2O4S. The molecule has 1 fully saturated rings. The van der Waals surface area contributed by atoms with Gasteiger partial charge in [-0.25, -0.2) is 8.42 Å². The second-order valence-electron chi connectivity index (χ2n) is 6.35. The Morgan fingerprint density at radius 2 is 1.64 bits per heavy atom. The molecule has 6 nitrogen and oxygen atoms in total. The van der Waals surface area contributed by atoms with Crippen LogP contribution in [0.25, 0.3) is 0 Å². The first kappa shape index (κ1) is 20.9. The minimum atomic E-state index is -3.79. The number of piperazine rings is 1. The number of carbonyl (C=O) groups excluding carboxylic acids is 1. The molecule has 1 aliphatic rings. The second kappa shape index (κ2) is 8.69. The molecule has 0 aliphatic carbocycles. The van der Waals surface area contributed by atoms with Gasteiger partial charge in [0.2, 0.25) is 10.0 Å². The number of carbonyl (C=O) groups is 1. The number of nitrogens with zero attached hydrogens (tertiary/aromatic N) is 2. The predicted molar refractivity (Wildman–Crippen MR) is 108 cm³/mol. The zero-order valence-electron chi connectivity index (χ0n) is 15.2. The standard InChI is InChI=1S/C19H20Cl2N2O4S/c1-14(27-15-6-3-2-4-7-15)19(24)22-10-12-23(13-11-22)28(25,26)17-9-5-8-16(20)18(17)21/h2-9,14H,10-13H2,1H3. The summed E-state index contributed by atoms with van der Waals surface area (Å²) < 4.78 is 32.7. The van der Waals surface area contributed by atoms with Crippen LogP contribution in [-0.4, -0.2) is 55.8 Å². The minimum absolute atomic E-state index is 0.00700. The van der Waals surface area contributed by atoms with Crippen molar-refractivity contribution >= 4 is 39.1 Å². The van der Waals surface area contributed by atoms with Gasteiger partial charge in [0.05, 0.1) is 10.0 Å². The van der Waals surface area contributed by atoms with Crippen LogP contribution in [0, 0.1) is 0 Å². The summed E-state index contributed by atoms with van der Waals surface area (Å²) >= 11 is 12.0. The first-order valence-corrected chi connectivity index (χ1v) is 10.9. The van der Waals surface area contributed by atoms with E-state index < -0.39 is 16.1 Å². The largest absolute Gasteiger partial charge is 0.481 e. The van der Waals surface area contributed by atoms with Crippen molar-refractivity contribution in [3.63, 3.8) is 0 Å². The molecule has 0 saturated carbocycles. The number of hydrogen-bond donors (Lipinski definition) is 0. The van der Waals surface area contributed by atoms with E-state index in [1.807, 2.05) is 18.2 Å². The van der Waals surface area contributed by atoms with Gasteiger partial charge in [-0.1, -0.05) is 47.5 Å². The fourth-order valence-corrected chi connectivity index (χ4v) is 5.14. The number of benzene rings is 2. The van der Waals surface area contributed by atoms with E-state index in [0.717, 1.165) is 0 Å². The summed E-state index contributed by atoms with van der Waals surface area (Å²) in [6, 6.07) is 13.6. The highest BCUT2D eigenvalue weighted by atomic mass is 35.5. The average Bonchev–Trinajstić information content (AvgIpc) is 2.70. The number of sulfonamides is 1. The second-order valence-corrected chi connectivity index (χ2v) is 9.05. The molecule has 1 amide bonds. The number of amides is 1. The van der Waals surface area contributed by atoms with Crippen LogP contribution in [-0.2, 0) is 14.8 Å². The van der Waals surface area contributed by atoms with Gasteiger partial charge in [-0.05, 0) is 31.2 Å². The molecule has 28 heavy (non-hydrogen) atoms. The van der Waals surface area contributed by atoms with Crippen molar-refractivity contribution in [1.82, 2.24) is 9.21 Å².